The number of nitro benzene ring substituents is 1. The van der Waals surface area contributed by atoms with Gasteiger partial charge in [0.1, 0.15) is 12.3 Å². The van der Waals surface area contributed by atoms with Crippen molar-refractivity contribution in [2.45, 2.75) is 20.5 Å². The Morgan fingerprint density at radius 1 is 1.04 bits per heavy atom. The Morgan fingerprint density at radius 3 is 2.44 bits per heavy atom. The van der Waals surface area contributed by atoms with E-state index < -0.39 is 4.92 Å². The van der Waals surface area contributed by atoms with Gasteiger partial charge in [0, 0.05) is 30.1 Å². The predicted octanol–water partition coefficient (Wildman–Crippen LogP) is 4.25. The first-order chi connectivity index (χ1) is 12.0. The lowest BCUT2D eigenvalue weighted by molar-refractivity contribution is -0.384. The first-order valence-electron chi connectivity index (χ1n) is 7.79. The highest BCUT2D eigenvalue weighted by molar-refractivity contribution is 5.65. The smallest absolute Gasteiger partial charge is 0.269 e. The molecule has 0 aliphatic heterocycles. The molecule has 1 aromatic heterocycles. The third-order valence-electron chi connectivity index (χ3n) is 3.88. The van der Waals surface area contributed by atoms with Crippen molar-refractivity contribution in [3.8, 4) is 17.1 Å². The maximum absolute atomic E-state index is 10.8. The second-order valence-corrected chi connectivity index (χ2v) is 5.73. The van der Waals surface area contributed by atoms with Gasteiger partial charge in [-0.3, -0.25) is 10.1 Å². The minimum absolute atomic E-state index is 0.0328. The largest absolute Gasteiger partial charge is 0.471 e. The molecule has 0 saturated carbocycles. The number of aryl methyl sites for hydroxylation is 2. The van der Waals surface area contributed by atoms with Gasteiger partial charge in [-0.25, -0.2) is 9.97 Å². The van der Waals surface area contributed by atoms with E-state index in [0.717, 1.165) is 11.1 Å². The Bertz CT molecular complexity index is 908. The fourth-order valence-electron chi connectivity index (χ4n) is 2.52. The van der Waals surface area contributed by atoms with Gasteiger partial charge in [-0.15, -0.1) is 0 Å². The van der Waals surface area contributed by atoms with Crippen LogP contribution in [0.1, 0.15) is 16.7 Å². The third-order valence-corrected chi connectivity index (χ3v) is 3.88. The van der Waals surface area contributed by atoms with E-state index >= 15 is 0 Å². The van der Waals surface area contributed by atoms with Crippen molar-refractivity contribution in [1.29, 1.82) is 0 Å². The predicted molar refractivity (Wildman–Crippen MR) is 94.4 cm³/mol. The monoisotopic (exact) mass is 335 g/mol. The van der Waals surface area contributed by atoms with E-state index in [4.69, 9.17) is 4.74 Å². The number of benzene rings is 2. The van der Waals surface area contributed by atoms with Gasteiger partial charge in [-0.1, -0.05) is 23.8 Å². The van der Waals surface area contributed by atoms with E-state index in [1.807, 2.05) is 26.0 Å². The first kappa shape index (κ1) is 16.6. The molecule has 0 aliphatic rings. The van der Waals surface area contributed by atoms with E-state index in [2.05, 4.69) is 16.0 Å². The van der Waals surface area contributed by atoms with Gasteiger partial charge in [0.15, 0.2) is 0 Å². The molecule has 3 aromatic rings. The van der Waals surface area contributed by atoms with E-state index in [1.165, 1.54) is 17.7 Å². The second-order valence-electron chi connectivity index (χ2n) is 5.73. The van der Waals surface area contributed by atoms with Crippen molar-refractivity contribution in [3.05, 3.63) is 81.7 Å². The lowest BCUT2D eigenvalue weighted by Crippen LogP contribution is -2.02. The molecule has 1 heterocycles. The van der Waals surface area contributed by atoms with Gasteiger partial charge >= 0.3 is 0 Å². The summed E-state index contributed by atoms with van der Waals surface area (Å²) in [5, 5.41) is 10.8. The molecular formula is C19H17N3O3. The molecule has 3 rings (SSSR count). The maximum Gasteiger partial charge on any atom is 0.269 e. The molecular weight excluding hydrogens is 318 g/mol. The molecule has 0 saturated heterocycles. The van der Waals surface area contributed by atoms with Crippen LogP contribution in [0.3, 0.4) is 0 Å². The van der Waals surface area contributed by atoms with E-state index in [-0.39, 0.29) is 5.69 Å². The number of aromatic nitrogens is 2. The number of nitrogens with zero attached hydrogens (tertiary/aromatic N) is 3. The summed E-state index contributed by atoms with van der Waals surface area (Å²) in [6.45, 7) is 4.47. The Labute approximate surface area is 145 Å². The van der Waals surface area contributed by atoms with Gasteiger partial charge in [0.05, 0.1) is 4.92 Å². The summed E-state index contributed by atoms with van der Waals surface area (Å²) in [5.41, 5.74) is 4.74. The van der Waals surface area contributed by atoms with Crippen LogP contribution in [0.25, 0.3) is 11.3 Å². The average molecular weight is 335 g/mol. The summed E-state index contributed by atoms with van der Waals surface area (Å²) in [4.78, 5) is 18.9. The number of rotatable bonds is 5. The minimum atomic E-state index is -0.433. The minimum Gasteiger partial charge on any atom is -0.471 e. The summed E-state index contributed by atoms with van der Waals surface area (Å²) >= 11 is 0. The molecule has 0 amide bonds. The fourth-order valence-corrected chi connectivity index (χ4v) is 2.52. The van der Waals surface area contributed by atoms with Crippen LogP contribution in [0.15, 0.2) is 54.9 Å². The number of hydrogen-bond donors (Lipinski definition) is 0. The lowest BCUT2D eigenvalue weighted by Gasteiger charge is -2.11. The highest BCUT2D eigenvalue weighted by Crippen LogP contribution is 2.27. The van der Waals surface area contributed by atoms with Crippen LogP contribution in [0.4, 0.5) is 5.69 Å². The Hall–Kier alpha value is -3.28. The summed E-state index contributed by atoms with van der Waals surface area (Å²) in [6, 6.07) is 12.4. The molecule has 0 N–H and O–H groups in total. The van der Waals surface area contributed by atoms with E-state index in [9.17, 15) is 10.1 Å². The van der Waals surface area contributed by atoms with Crippen LogP contribution >= 0.6 is 0 Å². The molecule has 0 radical (unpaired) electrons. The zero-order chi connectivity index (χ0) is 17.8. The topological polar surface area (TPSA) is 78.2 Å². The summed E-state index contributed by atoms with van der Waals surface area (Å²) in [5.74, 6) is 0.399. The number of non-ortho nitro benzene ring substituents is 1. The van der Waals surface area contributed by atoms with Crippen LogP contribution in [0, 0.1) is 24.0 Å². The van der Waals surface area contributed by atoms with E-state index in [1.54, 1.807) is 24.5 Å². The van der Waals surface area contributed by atoms with Crippen LogP contribution in [0.5, 0.6) is 5.88 Å². The van der Waals surface area contributed by atoms with Gasteiger partial charge in [-0.05, 0) is 37.1 Å². The molecule has 25 heavy (non-hydrogen) atoms. The van der Waals surface area contributed by atoms with Crippen molar-refractivity contribution >= 4 is 5.69 Å². The van der Waals surface area contributed by atoms with Gasteiger partial charge in [-0.2, -0.15) is 0 Å². The highest BCUT2D eigenvalue weighted by Gasteiger charge is 2.12. The first-order valence-corrected chi connectivity index (χ1v) is 7.79. The Morgan fingerprint density at radius 2 is 1.76 bits per heavy atom. The zero-order valence-corrected chi connectivity index (χ0v) is 14.0. The third kappa shape index (κ3) is 3.80. The van der Waals surface area contributed by atoms with Gasteiger partial charge in [0.2, 0.25) is 5.88 Å². The molecule has 0 aliphatic carbocycles. The van der Waals surface area contributed by atoms with Gasteiger partial charge < -0.3 is 4.74 Å². The van der Waals surface area contributed by atoms with E-state index in [0.29, 0.717) is 23.7 Å². The maximum atomic E-state index is 10.8. The van der Waals surface area contributed by atoms with Crippen molar-refractivity contribution in [3.63, 3.8) is 0 Å². The molecule has 0 atom stereocenters. The van der Waals surface area contributed by atoms with Crippen molar-refractivity contribution < 1.29 is 9.66 Å². The Balaban J connectivity index is 1.84. The van der Waals surface area contributed by atoms with Crippen LogP contribution in [-0.2, 0) is 6.61 Å². The quantitative estimate of drug-likeness (QED) is 0.514. The molecule has 0 unspecified atom stereocenters. The van der Waals surface area contributed by atoms with Crippen molar-refractivity contribution in [2.24, 2.45) is 0 Å². The SMILES string of the molecule is Cc1ccc(COc2nccnc2-c2ccc([N+](=O)[O-])cc2)c(C)c1. The van der Waals surface area contributed by atoms with Gasteiger partial charge in [0.25, 0.3) is 5.69 Å². The summed E-state index contributed by atoms with van der Waals surface area (Å²) in [7, 11) is 0. The summed E-state index contributed by atoms with van der Waals surface area (Å²) in [6.07, 6.45) is 3.13. The molecule has 6 nitrogen and oxygen atoms in total. The van der Waals surface area contributed by atoms with Crippen molar-refractivity contribution in [2.75, 3.05) is 0 Å². The van der Waals surface area contributed by atoms with Crippen LogP contribution in [-0.4, -0.2) is 14.9 Å². The number of nitro groups is 1. The fraction of sp³-hybridized carbons (Fsp3) is 0.158. The average Bonchev–Trinajstić information content (AvgIpc) is 2.61. The standard InChI is InChI=1S/C19H17N3O3/c1-13-3-4-16(14(2)11-13)12-25-19-18(20-9-10-21-19)15-5-7-17(8-6-15)22(23)24/h3-11H,12H2,1-2H3. The zero-order valence-electron chi connectivity index (χ0n) is 14.0. The number of ether oxygens (including phenoxy) is 1. The normalized spacial score (nSPS) is 10.5. The highest BCUT2D eigenvalue weighted by atomic mass is 16.6. The lowest BCUT2D eigenvalue weighted by atomic mass is 10.1. The van der Waals surface area contributed by atoms with Crippen molar-refractivity contribution in [1.82, 2.24) is 9.97 Å². The molecule has 6 heteroatoms. The molecule has 2 aromatic carbocycles. The van der Waals surface area contributed by atoms with Crippen LogP contribution in [0.2, 0.25) is 0 Å². The second kappa shape index (κ2) is 7.09. The number of hydrogen-bond acceptors (Lipinski definition) is 5. The molecule has 0 fully saturated rings. The molecule has 126 valence electrons. The van der Waals surface area contributed by atoms with Crippen LogP contribution < -0.4 is 4.74 Å². The molecule has 0 bridgehead atoms. The Kier molecular flexibility index (Phi) is 4.70. The summed E-state index contributed by atoms with van der Waals surface area (Å²) < 4.78 is 5.87. The molecule has 0 spiro atoms.